The van der Waals surface area contributed by atoms with E-state index in [1.54, 1.807) is 0 Å². The lowest BCUT2D eigenvalue weighted by Gasteiger charge is -2.12. The van der Waals surface area contributed by atoms with Crippen molar-refractivity contribution in [2.75, 3.05) is 5.32 Å². The zero-order chi connectivity index (χ0) is 23.3. The van der Waals surface area contributed by atoms with Crippen LogP contribution < -0.4 is 5.32 Å². The predicted octanol–water partition coefficient (Wildman–Crippen LogP) is 8.85. The third-order valence-corrected chi connectivity index (χ3v) is 7.88. The van der Waals surface area contributed by atoms with Crippen LogP contribution in [0.1, 0.15) is 30.0 Å². The Kier molecular flexibility index (Phi) is 6.87. The number of hydrogen-bond donors (Lipinski definition) is 1. The second-order valence-electron chi connectivity index (χ2n) is 9.04. The van der Waals surface area contributed by atoms with Gasteiger partial charge in [0.15, 0.2) is 0 Å². The summed E-state index contributed by atoms with van der Waals surface area (Å²) >= 11 is 1.85. The van der Waals surface area contributed by atoms with Crippen molar-refractivity contribution in [2.45, 2.75) is 36.5 Å². The fourth-order valence-electron chi connectivity index (χ4n) is 4.58. The molecule has 0 spiro atoms. The molecule has 0 amide bonds. The number of fused-ring (bicyclic) bond motifs is 1. The lowest BCUT2D eigenvalue weighted by Crippen LogP contribution is -1.98. The van der Waals surface area contributed by atoms with E-state index in [0.29, 0.717) is 0 Å². The highest BCUT2D eigenvalue weighted by molar-refractivity contribution is 7.99. The van der Waals surface area contributed by atoms with Crippen molar-refractivity contribution in [1.82, 2.24) is 0 Å². The molecule has 3 aromatic rings. The first-order valence-corrected chi connectivity index (χ1v) is 12.9. The van der Waals surface area contributed by atoms with Gasteiger partial charge in [0.05, 0.1) is 0 Å². The van der Waals surface area contributed by atoms with Crippen molar-refractivity contribution < 1.29 is 0 Å². The molecule has 2 atom stereocenters. The molecule has 0 bridgehead atoms. The van der Waals surface area contributed by atoms with Crippen molar-refractivity contribution in [3.05, 3.63) is 132 Å². The van der Waals surface area contributed by atoms with Crippen molar-refractivity contribution in [3.8, 4) is 0 Å². The summed E-state index contributed by atoms with van der Waals surface area (Å²) in [7, 11) is 0. The Morgan fingerprint density at radius 3 is 2.62 bits per heavy atom. The van der Waals surface area contributed by atoms with Gasteiger partial charge in [0, 0.05) is 21.2 Å². The summed E-state index contributed by atoms with van der Waals surface area (Å²) in [6.07, 6.45) is 15.6. The Balaban J connectivity index is 1.23. The van der Waals surface area contributed by atoms with Crippen LogP contribution in [0.3, 0.4) is 0 Å². The average molecular weight is 462 g/mol. The fourth-order valence-corrected chi connectivity index (χ4v) is 5.62. The molecule has 1 nitrogen and oxygen atoms in total. The molecule has 3 aromatic carbocycles. The molecule has 0 saturated heterocycles. The smallest absolute Gasteiger partial charge is 0.0384 e. The van der Waals surface area contributed by atoms with Gasteiger partial charge < -0.3 is 5.32 Å². The van der Waals surface area contributed by atoms with E-state index in [-0.39, 0.29) is 0 Å². The Morgan fingerprint density at radius 2 is 1.82 bits per heavy atom. The van der Waals surface area contributed by atoms with Crippen LogP contribution in [-0.4, -0.2) is 0 Å². The first-order valence-electron chi connectivity index (χ1n) is 12.1. The van der Waals surface area contributed by atoms with Crippen LogP contribution in [0.4, 0.5) is 5.69 Å². The number of anilines is 1. The van der Waals surface area contributed by atoms with Crippen LogP contribution in [0, 0.1) is 18.8 Å². The van der Waals surface area contributed by atoms with Gasteiger partial charge in [-0.3, -0.25) is 0 Å². The van der Waals surface area contributed by atoms with E-state index in [1.165, 1.54) is 38.5 Å². The van der Waals surface area contributed by atoms with E-state index in [1.807, 2.05) is 11.8 Å². The lowest BCUT2D eigenvalue weighted by molar-refractivity contribution is 0.999. The largest absolute Gasteiger partial charge is 0.356 e. The molecule has 0 heterocycles. The van der Waals surface area contributed by atoms with Crippen LogP contribution >= 0.6 is 11.8 Å². The molecule has 0 radical (unpaired) electrons. The third kappa shape index (κ3) is 5.29. The Bertz CT molecular complexity index is 1260. The molecule has 1 saturated carbocycles. The van der Waals surface area contributed by atoms with Gasteiger partial charge >= 0.3 is 0 Å². The summed E-state index contributed by atoms with van der Waals surface area (Å²) in [5.41, 5.74) is 7.76. The number of aryl methyl sites for hydroxylation is 1. The number of hydrogen-bond acceptors (Lipinski definition) is 2. The first kappa shape index (κ1) is 22.6. The highest BCUT2D eigenvalue weighted by Crippen LogP contribution is 2.51. The minimum absolute atomic E-state index is 0.740. The number of benzene rings is 3. The van der Waals surface area contributed by atoms with Crippen molar-refractivity contribution in [2.24, 2.45) is 11.8 Å². The quantitative estimate of drug-likeness (QED) is 0.336. The highest BCUT2D eigenvalue weighted by atomic mass is 32.2. The Labute approximate surface area is 208 Å². The second kappa shape index (κ2) is 10.4. The molecule has 2 unspecified atom stereocenters. The van der Waals surface area contributed by atoms with Crippen LogP contribution in [-0.2, 0) is 6.42 Å². The Hall–Kier alpha value is -3.23. The SMILES string of the molecule is C/C=C(\C=C/Cc1cccc(C)c1Sc1ccccc1)Nc1ccc(C2=CC=CC3CC23)cc1. The fraction of sp³-hybridized carbons (Fsp3) is 0.188. The van der Waals surface area contributed by atoms with Crippen LogP contribution in [0.2, 0.25) is 0 Å². The van der Waals surface area contributed by atoms with Gasteiger partial charge in [-0.05, 0) is 91.1 Å². The number of rotatable bonds is 8. The molecular formula is C32H31NS. The van der Waals surface area contributed by atoms with Gasteiger partial charge in [-0.2, -0.15) is 0 Å². The summed E-state index contributed by atoms with van der Waals surface area (Å²) in [4.78, 5) is 2.63. The van der Waals surface area contributed by atoms with E-state index < -0.39 is 0 Å². The molecule has 0 aromatic heterocycles. The molecule has 0 aliphatic heterocycles. The molecule has 170 valence electrons. The zero-order valence-electron chi connectivity index (χ0n) is 19.9. The monoisotopic (exact) mass is 461 g/mol. The molecule has 34 heavy (non-hydrogen) atoms. The lowest BCUT2D eigenvalue weighted by atomic mass is 9.97. The highest BCUT2D eigenvalue weighted by Gasteiger charge is 2.39. The van der Waals surface area contributed by atoms with Crippen LogP contribution in [0.5, 0.6) is 0 Å². The van der Waals surface area contributed by atoms with E-state index in [2.05, 4.69) is 128 Å². The van der Waals surface area contributed by atoms with Gasteiger partial charge in [-0.1, -0.05) is 90.7 Å². The summed E-state index contributed by atoms with van der Waals surface area (Å²) in [6, 6.07) is 26.1. The first-order chi connectivity index (χ1) is 16.7. The maximum absolute atomic E-state index is 3.57. The van der Waals surface area contributed by atoms with Crippen molar-refractivity contribution in [1.29, 1.82) is 0 Å². The van der Waals surface area contributed by atoms with Gasteiger partial charge in [0.25, 0.3) is 0 Å². The van der Waals surface area contributed by atoms with Gasteiger partial charge in [-0.15, -0.1) is 0 Å². The van der Waals surface area contributed by atoms with E-state index >= 15 is 0 Å². The van der Waals surface area contributed by atoms with Gasteiger partial charge in [0.1, 0.15) is 0 Å². The van der Waals surface area contributed by atoms with Gasteiger partial charge in [0.2, 0.25) is 0 Å². The zero-order valence-corrected chi connectivity index (χ0v) is 20.7. The second-order valence-corrected chi connectivity index (χ2v) is 10.1. The molecule has 2 aliphatic rings. The molecule has 2 heteroatoms. The topological polar surface area (TPSA) is 12.0 Å². The molecule has 2 aliphatic carbocycles. The van der Waals surface area contributed by atoms with E-state index in [9.17, 15) is 0 Å². The van der Waals surface area contributed by atoms with Crippen LogP contribution in [0.25, 0.3) is 5.57 Å². The van der Waals surface area contributed by atoms with Crippen molar-refractivity contribution in [3.63, 3.8) is 0 Å². The molecule has 1 N–H and O–H groups in total. The molecule has 1 fully saturated rings. The normalized spacial score (nSPS) is 19.1. The molecular weight excluding hydrogens is 430 g/mol. The maximum Gasteiger partial charge on any atom is 0.0384 e. The average Bonchev–Trinajstić information content (AvgIpc) is 3.67. The predicted molar refractivity (Wildman–Crippen MR) is 147 cm³/mol. The number of allylic oxidation sites excluding steroid dienone is 7. The summed E-state index contributed by atoms with van der Waals surface area (Å²) in [6.45, 7) is 4.28. The van der Waals surface area contributed by atoms with Crippen LogP contribution in [0.15, 0.2) is 125 Å². The van der Waals surface area contributed by atoms with E-state index in [0.717, 1.165) is 29.6 Å². The number of nitrogens with one attached hydrogen (secondary N) is 1. The minimum Gasteiger partial charge on any atom is -0.356 e. The molecule has 5 rings (SSSR count). The minimum atomic E-state index is 0.740. The summed E-state index contributed by atoms with van der Waals surface area (Å²) in [5, 5.41) is 3.57. The van der Waals surface area contributed by atoms with Gasteiger partial charge in [-0.25, -0.2) is 0 Å². The summed E-state index contributed by atoms with van der Waals surface area (Å²) < 4.78 is 0. The summed E-state index contributed by atoms with van der Waals surface area (Å²) in [5.74, 6) is 1.52. The Morgan fingerprint density at radius 1 is 1.00 bits per heavy atom. The van der Waals surface area contributed by atoms with E-state index in [4.69, 9.17) is 0 Å². The third-order valence-electron chi connectivity index (χ3n) is 6.58. The van der Waals surface area contributed by atoms with Crippen molar-refractivity contribution >= 4 is 23.0 Å². The maximum atomic E-state index is 3.57. The standard InChI is InChI=1S/C32H31NS/c1-3-27(33-28-20-18-24(19-21-28)30-17-9-13-26-22-31(26)30)14-8-12-25-11-7-10-23(2)32(25)34-29-15-5-4-6-16-29/h3-11,13-21,26,31,33H,12,22H2,1-2H3/b14-8-,27-3+.